The molecular formula is C17H27NO4Si. The molecule has 5 nitrogen and oxygen atoms in total. The lowest BCUT2D eigenvalue weighted by Gasteiger charge is -2.36. The largest absolute Gasteiger partial charge is 0.497 e. The number of fused-ring (bicyclic) bond motifs is 1. The van der Waals surface area contributed by atoms with Crippen molar-refractivity contribution in [3.8, 4) is 11.5 Å². The van der Waals surface area contributed by atoms with E-state index in [1.807, 2.05) is 0 Å². The van der Waals surface area contributed by atoms with E-state index < -0.39 is 15.1 Å². The van der Waals surface area contributed by atoms with Gasteiger partial charge in [-0.2, -0.15) is 0 Å². The summed E-state index contributed by atoms with van der Waals surface area (Å²) in [6.45, 7) is 10.7. The van der Waals surface area contributed by atoms with Crippen LogP contribution in [0.15, 0.2) is 18.2 Å². The molecule has 2 atom stereocenters. The molecule has 2 rings (SSSR count). The van der Waals surface area contributed by atoms with Crippen LogP contribution < -0.4 is 14.8 Å². The highest BCUT2D eigenvalue weighted by molar-refractivity contribution is 6.48. The summed E-state index contributed by atoms with van der Waals surface area (Å²) < 4.78 is 17.3. The lowest BCUT2D eigenvalue weighted by molar-refractivity contribution is -0.125. The molecular weight excluding hydrogens is 310 g/mol. The fourth-order valence-electron chi connectivity index (χ4n) is 2.54. The molecule has 1 amide bonds. The van der Waals surface area contributed by atoms with E-state index in [1.54, 1.807) is 25.3 Å². The van der Waals surface area contributed by atoms with E-state index in [4.69, 9.17) is 13.9 Å². The zero-order valence-corrected chi connectivity index (χ0v) is 16.0. The molecule has 128 valence electrons. The third kappa shape index (κ3) is 4.48. The number of carbonyl (C=O) groups excluding carboxylic acids is 1. The van der Waals surface area contributed by atoms with Crippen LogP contribution in [0.25, 0.3) is 0 Å². The summed E-state index contributed by atoms with van der Waals surface area (Å²) >= 11 is 0. The lowest BCUT2D eigenvalue weighted by atomic mass is 9.85. The molecule has 0 spiro atoms. The summed E-state index contributed by atoms with van der Waals surface area (Å²) in [5.41, 5.74) is 0.633. The number of rotatable bonds is 5. The summed E-state index contributed by atoms with van der Waals surface area (Å²) in [5.74, 6) is 1.23. The summed E-state index contributed by atoms with van der Waals surface area (Å²) in [4.78, 5) is 12.3. The van der Waals surface area contributed by atoms with Crippen LogP contribution >= 0.6 is 0 Å². The van der Waals surface area contributed by atoms with E-state index >= 15 is 0 Å². The van der Waals surface area contributed by atoms with Gasteiger partial charge in [0, 0.05) is 12.5 Å². The topological polar surface area (TPSA) is 56.8 Å². The van der Waals surface area contributed by atoms with Gasteiger partial charge in [0.1, 0.15) is 11.5 Å². The van der Waals surface area contributed by atoms with Crippen LogP contribution in [0.5, 0.6) is 11.5 Å². The minimum absolute atomic E-state index is 0.0166. The van der Waals surface area contributed by atoms with E-state index in [0.717, 1.165) is 0 Å². The molecule has 1 heterocycles. The van der Waals surface area contributed by atoms with Crippen molar-refractivity contribution < 1.29 is 18.7 Å². The smallest absolute Gasteiger partial charge is 0.265 e. The van der Waals surface area contributed by atoms with Gasteiger partial charge in [0.2, 0.25) is 0 Å². The van der Waals surface area contributed by atoms with Crippen LogP contribution in [0.2, 0.25) is 13.1 Å². The number of methoxy groups -OCH3 is 1. The summed E-state index contributed by atoms with van der Waals surface area (Å²) in [5, 5.41) is 2.91. The Balaban J connectivity index is 2.17. The zero-order valence-electron chi connectivity index (χ0n) is 14.8. The zero-order chi connectivity index (χ0) is 17.2. The molecule has 1 aliphatic heterocycles. The molecule has 0 aromatic heterocycles. The maximum Gasteiger partial charge on any atom is 0.265 e. The first-order valence-corrected chi connectivity index (χ1v) is 10.8. The molecule has 0 fully saturated rings. The molecule has 2 unspecified atom stereocenters. The van der Waals surface area contributed by atoms with E-state index in [2.05, 4.69) is 39.2 Å². The number of benzene rings is 1. The molecule has 1 aromatic rings. The summed E-state index contributed by atoms with van der Waals surface area (Å²) in [7, 11) is 0.400. The van der Waals surface area contributed by atoms with Crippen molar-refractivity contribution in [3.05, 3.63) is 18.2 Å². The fraction of sp³-hybridized carbons (Fsp3) is 0.588. The van der Waals surface area contributed by atoms with E-state index in [0.29, 0.717) is 23.6 Å². The standard InChI is InChI=1S/C17H27NO4Si/c1-17(2,3)15(22-23(5)6)10-14-16(19)18-12-8-7-11(20-4)9-13(12)21-14/h7-9,14-15,23H,10H2,1-6H3,(H,18,19). The van der Waals surface area contributed by atoms with Crippen molar-refractivity contribution in [2.75, 3.05) is 12.4 Å². The Morgan fingerprint density at radius 2 is 2.04 bits per heavy atom. The van der Waals surface area contributed by atoms with Crippen LogP contribution in [-0.4, -0.2) is 34.3 Å². The van der Waals surface area contributed by atoms with Crippen molar-refractivity contribution in [2.45, 2.75) is 52.5 Å². The lowest BCUT2D eigenvalue weighted by Crippen LogP contribution is -2.44. The molecule has 0 saturated carbocycles. The molecule has 1 aromatic carbocycles. The average Bonchev–Trinajstić information content (AvgIpc) is 2.45. The third-order valence-electron chi connectivity index (χ3n) is 3.84. The Morgan fingerprint density at radius 3 is 2.61 bits per heavy atom. The monoisotopic (exact) mass is 337 g/mol. The highest BCUT2D eigenvalue weighted by Crippen LogP contribution is 2.35. The molecule has 6 heteroatoms. The second kappa shape index (κ2) is 6.92. The predicted octanol–water partition coefficient (Wildman–Crippen LogP) is 3.20. The normalized spacial score (nSPS) is 18.9. The third-order valence-corrected chi connectivity index (χ3v) is 4.71. The van der Waals surface area contributed by atoms with Gasteiger partial charge < -0.3 is 19.2 Å². The molecule has 1 aliphatic rings. The number of ether oxygens (including phenoxy) is 2. The Hall–Kier alpha value is -1.53. The molecule has 1 N–H and O–H groups in total. The van der Waals surface area contributed by atoms with Gasteiger partial charge in [-0.1, -0.05) is 20.8 Å². The van der Waals surface area contributed by atoms with Gasteiger partial charge in [0.25, 0.3) is 5.91 Å². The Morgan fingerprint density at radius 1 is 1.35 bits per heavy atom. The van der Waals surface area contributed by atoms with Gasteiger partial charge in [0.05, 0.1) is 18.9 Å². The highest BCUT2D eigenvalue weighted by Gasteiger charge is 2.35. The highest BCUT2D eigenvalue weighted by atomic mass is 28.3. The van der Waals surface area contributed by atoms with E-state index in [1.165, 1.54) is 0 Å². The number of amides is 1. The van der Waals surface area contributed by atoms with Crippen molar-refractivity contribution in [1.29, 1.82) is 0 Å². The summed E-state index contributed by atoms with van der Waals surface area (Å²) in [6.07, 6.45) is -0.0272. The average molecular weight is 337 g/mol. The first-order chi connectivity index (χ1) is 10.7. The molecule has 0 radical (unpaired) electrons. The van der Waals surface area contributed by atoms with E-state index in [9.17, 15) is 4.79 Å². The Kier molecular flexibility index (Phi) is 5.36. The number of nitrogens with one attached hydrogen (secondary N) is 1. The van der Waals surface area contributed by atoms with Crippen molar-refractivity contribution in [2.24, 2.45) is 5.41 Å². The predicted molar refractivity (Wildman–Crippen MR) is 93.9 cm³/mol. The van der Waals surface area contributed by atoms with Crippen LogP contribution in [0.4, 0.5) is 5.69 Å². The van der Waals surface area contributed by atoms with Gasteiger partial charge >= 0.3 is 0 Å². The van der Waals surface area contributed by atoms with Gasteiger partial charge in [0.15, 0.2) is 15.1 Å². The van der Waals surface area contributed by atoms with Crippen molar-refractivity contribution in [3.63, 3.8) is 0 Å². The number of anilines is 1. The Bertz CT molecular complexity index is 568. The molecule has 23 heavy (non-hydrogen) atoms. The second-order valence-corrected chi connectivity index (χ2v) is 9.60. The summed E-state index contributed by atoms with van der Waals surface area (Å²) in [6, 6.07) is 5.39. The first kappa shape index (κ1) is 17.8. The molecule has 0 aliphatic carbocycles. The van der Waals surface area contributed by atoms with Gasteiger partial charge in [-0.25, -0.2) is 0 Å². The van der Waals surface area contributed by atoms with Crippen LogP contribution in [-0.2, 0) is 9.22 Å². The van der Waals surface area contributed by atoms with Crippen LogP contribution in [0, 0.1) is 5.41 Å². The van der Waals surface area contributed by atoms with Crippen molar-refractivity contribution >= 4 is 20.6 Å². The molecule has 0 saturated heterocycles. The SMILES string of the molecule is COc1ccc2c(c1)OC(CC(O[SiH](C)C)C(C)(C)C)C(=O)N2. The van der Waals surface area contributed by atoms with Gasteiger partial charge in [-0.3, -0.25) is 4.79 Å². The second-order valence-electron chi connectivity index (χ2n) is 7.23. The van der Waals surface area contributed by atoms with E-state index in [-0.39, 0.29) is 17.4 Å². The molecule has 0 bridgehead atoms. The minimum atomic E-state index is -1.21. The number of carbonyl (C=O) groups is 1. The fourth-order valence-corrected chi connectivity index (χ4v) is 3.72. The maximum absolute atomic E-state index is 12.3. The Labute approximate surface area is 140 Å². The van der Waals surface area contributed by atoms with Crippen LogP contribution in [0.3, 0.4) is 0 Å². The number of hydrogen-bond acceptors (Lipinski definition) is 4. The quantitative estimate of drug-likeness (QED) is 0.838. The number of hydrogen-bond donors (Lipinski definition) is 1. The first-order valence-electron chi connectivity index (χ1n) is 8.01. The minimum Gasteiger partial charge on any atom is -0.497 e. The maximum atomic E-state index is 12.3. The van der Waals surface area contributed by atoms with Gasteiger partial charge in [-0.05, 0) is 30.6 Å². The van der Waals surface area contributed by atoms with Crippen LogP contribution in [0.1, 0.15) is 27.2 Å². The van der Waals surface area contributed by atoms with Crippen molar-refractivity contribution in [1.82, 2.24) is 0 Å². The van der Waals surface area contributed by atoms with Gasteiger partial charge in [-0.15, -0.1) is 0 Å².